The molecule has 1 N–H and O–H groups in total. The Hall–Kier alpha value is -3.64. The topological polar surface area (TPSA) is 135 Å². The minimum absolute atomic E-state index is 0.0528. The van der Waals surface area contributed by atoms with Crippen molar-refractivity contribution in [3.63, 3.8) is 0 Å². The number of fused-ring (bicyclic) bond motifs is 1. The highest BCUT2D eigenvalue weighted by molar-refractivity contribution is 7.49. The third-order valence-corrected chi connectivity index (χ3v) is 12.8. The van der Waals surface area contributed by atoms with Crippen LogP contribution in [-0.4, -0.2) is 51.7 Å². The number of halogens is 1. The Labute approximate surface area is 338 Å². The Kier molecular flexibility index (Phi) is 12.8. The first-order valence-corrected chi connectivity index (χ1v) is 21.6. The smallest absolute Gasteiger partial charge is 0.462 e. The lowest BCUT2D eigenvalue weighted by Gasteiger charge is -2.30. The van der Waals surface area contributed by atoms with Crippen LogP contribution in [0.25, 0.3) is 0 Å². The Morgan fingerprint density at radius 2 is 1.71 bits per heavy atom. The summed E-state index contributed by atoms with van der Waals surface area (Å²) in [6, 6.07) is 14.5. The molecular formula is C42H51ClN3O8PS. The highest BCUT2D eigenvalue weighted by Gasteiger charge is 2.39. The quantitative estimate of drug-likeness (QED) is 0.0784. The molecule has 2 aromatic carbocycles. The summed E-state index contributed by atoms with van der Waals surface area (Å²) in [7, 11) is -3.96. The summed E-state index contributed by atoms with van der Waals surface area (Å²) in [4.78, 5) is 37.5. The lowest BCUT2D eigenvalue weighted by atomic mass is 9.93. The first-order valence-electron chi connectivity index (χ1n) is 19.0. The molecule has 300 valence electrons. The fraction of sp³-hybridized carbons (Fsp3) is 0.476. The van der Waals surface area contributed by atoms with Crippen molar-refractivity contribution in [3.8, 4) is 5.75 Å². The number of benzene rings is 2. The standard InChI is InChI=1S/C42H51ClN3O8PS/c1-9-27-19-30(21-35(27)51-37(47)18-26-10-14-31(15-11-26)52-55(49,53-41(3,4)5)54-42(6,7)8)46-40-34(23-44-24-45-40)38(48)36-22-32(25(2)56-36)39-33-20-29(43)13-12-28(33)16-17-50-39/h10-15,20,22-24,27,30,35,39H,9,16-19,21H2,1-8H3,(H,44,45,46)/t27-,30+,35-,39-/m0/s1. The normalized spacial score (nSPS) is 20.0. The van der Waals surface area contributed by atoms with E-state index in [-0.39, 0.29) is 42.3 Å². The maximum atomic E-state index is 14.0. The van der Waals surface area contributed by atoms with Crippen molar-refractivity contribution in [2.24, 2.45) is 5.92 Å². The highest BCUT2D eigenvalue weighted by atomic mass is 35.5. The Balaban J connectivity index is 1.08. The second-order valence-corrected chi connectivity index (χ2v) is 19.5. The summed E-state index contributed by atoms with van der Waals surface area (Å²) in [5, 5.41) is 4.13. The predicted octanol–water partition coefficient (Wildman–Crippen LogP) is 10.3. The van der Waals surface area contributed by atoms with Crippen molar-refractivity contribution in [1.29, 1.82) is 0 Å². The number of nitrogens with zero attached hydrogens (tertiary/aromatic N) is 2. The van der Waals surface area contributed by atoms with Crippen LogP contribution in [0.15, 0.2) is 61.1 Å². The first-order chi connectivity index (χ1) is 26.4. The third-order valence-electron chi connectivity index (χ3n) is 9.50. The van der Waals surface area contributed by atoms with Gasteiger partial charge in [-0.1, -0.05) is 36.7 Å². The minimum atomic E-state index is -3.96. The van der Waals surface area contributed by atoms with Gasteiger partial charge in [0.05, 0.1) is 34.7 Å². The SMILES string of the molecule is CC[C@H]1C[C@@H](Nc2ncncc2C(=O)c2cc([C@@H]3OCCc4ccc(Cl)cc43)c(C)s2)C[C@@H]1OC(=O)Cc1ccc(OP(=O)(OC(C)(C)C)OC(C)(C)C)cc1. The highest BCUT2D eigenvalue weighted by Crippen LogP contribution is 2.55. The van der Waals surface area contributed by atoms with E-state index in [4.69, 9.17) is 34.6 Å². The molecule has 0 unspecified atom stereocenters. The lowest BCUT2D eigenvalue weighted by Crippen LogP contribution is -2.25. The summed E-state index contributed by atoms with van der Waals surface area (Å²) in [5.41, 5.74) is 2.72. The van der Waals surface area contributed by atoms with Crippen LogP contribution in [0.4, 0.5) is 5.82 Å². The summed E-state index contributed by atoms with van der Waals surface area (Å²) in [6.07, 6.45) is 5.36. The van der Waals surface area contributed by atoms with E-state index in [0.29, 0.717) is 45.6 Å². The van der Waals surface area contributed by atoms with E-state index >= 15 is 0 Å². The molecule has 14 heteroatoms. The fourth-order valence-electron chi connectivity index (χ4n) is 7.16. The van der Waals surface area contributed by atoms with E-state index in [0.717, 1.165) is 35.3 Å². The van der Waals surface area contributed by atoms with Crippen LogP contribution in [0.5, 0.6) is 5.75 Å². The molecule has 1 saturated carbocycles. The number of aromatic nitrogens is 2. The Morgan fingerprint density at radius 3 is 2.39 bits per heavy atom. The van der Waals surface area contributed by atoms with E-state index in [1.165, 1.54) is 23.2 Å². The average Bonchev–Trinajstić information content (AvgIpc) is 3.68. The van der Waals surface area contributed by atoms with Gasteiger partial charge in [-0.25, -0.2) is 14.5 Å². The molecule has 4 atom stereocenters. The van der Waals surface area contributed by atoms with Crippen molar-refractivity contribution in [2.45, 2.75) is 117 Å². The van der Waals surface area contributed by atoms with E-state index < -0.39 is 19.0 Å². The number of phosphoric acid groups is 1. The molecular weight excluding hydrogens is 773 g/mol. The zero-order valence-corrected chi connectivity index (χ0v) is 35.7. The van der Waals surface area contributed by atoms with Gasteiger partial charge in [-0.05, 0) is 126 Å². The number of thiophene rings is 1. The molecule has 2 aliphatic rings. The van der Waals surface area contributed by atoms with Crippen LogP contribution < -0.4 is 9.84 Å². The number of ketones is 1. The number of anilines is 1. The maximum absolute atomic E-state index is 14.0. The molecule has 0 amide bonds. The first kappa shape index (κ1) is 42.0. The molecule has 0 bridgehead atoms. The molecule has 1 fully saturated rings. The molecule has 2 aromatic heterocycles. The monoisotopic (exact) mass is 823 g/mol. The molecule has 0 radical (unpaired) electrons. The van der Waals surface area contributed by atoms with Gasteiger partial charge in [0.1, 0.15) is 30.1 Å². The molecule has 1 aliphatic carbocycles. The third kappa shape index (κ3) is 10.6. The molecule has 56 heavy (non-hydrogen) atoms. The number of ether oxygens (including phenoxy) is 2. The lowest BCUT2D eigenvalue weighted by molar-refractivity contribution is -0.150. The van der Waals surface area contributed by atoms with Crippen LogP contribution in [0, 0.1) is 12.8 Å². The van der Waals surface area contributed by atoms with Crippen LogP contribution in [0.3, 0.4) is 0 Å². The Bertz CT molecular complexity index is 2070. The zero-order chi connectivity index (χ0) is 40.4. The number of phosphoric ester groups is 1. The van der Waals surface area contributed by atoms with Gasteiger partial charge in [0.2, 0.25) is 5.78 Å². The number of carbonyl (C=O) groups is 2. The van der Waals surface area contributed by atoms with Crippen molar-refractivity contribution < 1.29 is 37.2 Å². The van der Waals surface area contributed by atoms with Crippen molar-refractivity contribution in [1.82, 2.24) is 9.97 Å². The van der Waals surface area contributed by atoms with E-state index in [1.54, 1.807) is 72.0 Å². The molecule has 0 saturated heterocycles. The van der Waals surface area contributed by atoms with Crippen molar-refractivity contribution >= 4 is 48.3 Å². The molecule has 11 nitrogen and oxygen atoms in total. The fourth-order valence-corrected chi connectivity index (χ4v) is 10.2. The summed E-state index contributed by atoms with van der Waals surface area (Å²) in [5.74, 6) is 0.339. The van der Waals surface area contributed by atoms with Crippen molar-refractivity contribution in [3.05, 3.63) is 104 Å². The molecule has 0 spiro atoms. The van der Waals surface area contributed by atoms with Crippen LogP contribution in [-0.2, 0) is 40.7 Å². The van der Waals surface area contributed by atoms with E-state index in [1.807, 2.05) is 31.2 Å². The van der Waals surface area contributed by atoms with Gasteiger partial charge in [-0.2, -0.15) is 0 Å². The number of hydrogen-bond acceptors (Lipinski definition) is 12. The van der Waals surface area contributed by atoms with Gasteiger partial charge in [0.15, 0.2) is 0 Å². The van der Waals surface area contributed by atoms with Gasteiger partial charge in [-0.15, -0.1) is 11.3 Å². The van der Waals surface area contributed by atoms with Gasteiger partial charge in [0, 0.05) is 28.6 Å². The molecule has 1 aliphatic heterocycles. The molecule has 4 aromatic rings. The number of esters is 1. The van der Waals surface area contributed by atoms with Crippen LogP contribution >= 0.6 is 30.8 Å². The largest absolute Gasteiger partial charge is 0.531 e. The molecule has 3 heterocycles. The summed E-state index contributed by atoms with van der Waals surface area (Å²) in [6.45, 7) is 15.3. The number of nitrogens with one attached hydrogen (secondary N) is 1. The van der Waals surface area contributed by atoms with E-state index in [2.05, 4.69) is 22.2 Å². The number of carbonyl (C=O) groups excluding carboxylic acids is 2. The van der Waals surface area contributed by atoms with Gasteiger partial charge >= 0.3 is 13.8 Å². The number of hydrogen-bond donors (Lipinski definition) is 1. The zero-order valence-electron chi connectivity index (χ0n) is 33.2. The van der Waals surface area contributed by atoms with E-state index in [9.17, 15) is 14.2 Å². The predicted molar refractivity (Wildman–Crippen MR) is 218 cm³/mol. The summed E-state index contributed by atoms with van der Waals surface area (Å²) < 4.78 is 43.0. The number of rotatable bonds is 13. The Morgan fingerprint density at radius 1 is 1.00 bits per heavy atom. The number of aryl methyl sites for hydroxylation is 1. The second-order valence-electron chi connectivity index (χ2n) is 16.4. The average molecular weight is 824 g/mol. The van der Waals surface area contributed by atoms with Gasteiger partial charge in [0.25, 0.3) is 0 Å². The summed E-state index contributed by atoms with van der Waals surface area (Å²) >= 11 is 7.78. The van der Waals surface area contributed by atoms with Crippen LogP contribution in [0.1, 0.15) is 116 Å². The second kappa shape index (κ2) is 17.1. The van der Waals surface area contributed by atoms with Crippen molar-refractivity contribution in [2.75, 3.05) is 11.9 Å². The minimum Gasteiger partial charge on any atom is -0.462 e. The molecule has 6 rings (SSSR count). The van der Waals surface area contributed by atoms with Gasteiger partial charge < -0.3 is 19.3 Å². The van der Waals surface area contributed by atoms with Gasteiger partial charge in [-0.3, -0.25) is 18.6 Å². The van der Waals surface area contributed by atoms with Crippen LogP contribution in [0.2, 0.25) is 5.02 Å². The maximum Gasteiger partial charge on any atom is 0.531 e.